The number of hydrogen-bond acceptors (Lipinski definition) is 5. The van der Waals surface area contributed by atoms with Crippen molar-refractivity contribution in [1.29, 1.82) is 0 Å². The highest BCUT2D eigenvalue weighted by Gasteiger charge is 2.84. The highest BCUT2D eigenvalue weighted by atomic mass is 16.5. The third-order valence-electron chi connectivity index (χ3n) is 14.6. The molecule has 0 bridgehead atoms. The van der Waals surface area contributed by atoms with Crippen molar-refractivity contribution >= 4 is 0 Å². The highest BCUT2D eigenvalue weighted by molar-refractivity contribution is 5.42. The number of ether oxygens (including phenoxy) is 1. The van der Waals surface area contributed by atoms with Crippen LogP contribution in [0.25, 0.3) is 0 Å². The molecule has 1 heterocycles. The number of fused-ring (bicyclic) bond motifs is 5. The van der Waals surface area contributed by atoms with E-state index in [1.165, 1.54) is 11.1 Å². The van der Waals surface area contributed by atoms with E-state index in [1.807, 2.05) is 6.92 Å². The van der Waals surface area contributed by atoms with Crippen LogP contribution in [0.5, 0.6) is 0 Å². The minimum atomic E-state index is -0.672. The fourth-order valence-corrected chi connectivity index (χ4v) is 12.3. The summed E-state index contributed by atoms with van der Waals surface area (Å²) >= 11 is 0. The molecule has 5 nitrogen and oxygen atoms in total. The molecular formula is C39H54O5. The number of hydrogen-bond donors (Lipinski definition) is 4. The van der Waals surface area contributed by atoms with Crippen LogP contribution in [0.15, 0.2) is 65.8 Å². The summed E-state index contributed by atoms with van der Waals surface area (Å²) in [6, 6.07) is 10.7. The van der Waals surface area contributed by atoms with Gasteiger partial charge < -0.3 is 25.2 Å². The van der Waals surface area contributed by atoms with E-state index in [4.69, 9.17) is 4.74 Å². The summed E-state index contributed by atoms with van der Waals surface area (Å²) in [6.07, 6.45) is 15.9. The lowest BCUT2D eigenvalue weighted by Gasteiger charge is -2.67. The second kappa shape index (κ2) is 10.6. The molecular weight excluding hydrogens is 548 g/mol. The van der Waals surface area contributed by atoms with Crippen molar-refractivity contribution in [3.8, 4) is 0 Å². The molecule has 1 aromatic carbocycles. The molecule has 0 radical (unpaired) electrons. The van der Waals surface area contributed by atoms with Gasteiger partial charge in [0.2, 0.25) is 0 Å². The van der Waals surface area contributed by atoms with E-state index in [2.05, 4.69) is 69.3 Å². The van der Waals surface area contributed by atoms with E-state index in [0.717, 1.165) is 57.1 Å². The molecule has 240 valence electrons. The lowest BCUT2D eigenvalue weighted by atomic mass is 9.38. The molecule has 5 heteroatoms. The van der Waals surface area contributed by atoms with Crippen molar-refractivity contribution in [2.24, 2.45) is 50.7 Å². The van der Waals surface area contributed by atoms with Crippen molar-refractivity contribution in [3.63, 3.8) is 0 Å². The minimum Gasteiger partial charge on any atom is -0.396 e. The Labute approximate surface area is 264 Å². The Bertz CT molecular complexity index is 1350. The molecule has 0 aromatic heterocycles. The first-order chi connectivity index (χ1) is 21.0. The van der Waals surface area contributed by atoms with Gasteiger partial charge in [0.1, 0.15) is 0 Å². The monoisotopic (exact) mass is 602 g/mol. The summed E-state index contributed by atoms with van der Waals surface area (Å²) < 4.78 is 6.65. The van der Waals surface area contributed by atoms with Gasteiger partial charge in [0.15, 0.2) is 0 Å². The minimum absolute atomic E-state index is 0.00621. The van der Waals surface area contributed by atoms with Crippen LogP contribution in [0.1, 0.15) is 78.2 Å². The molecule has 44 heavy (non-hydrogen) atoms. The fourth-order valence-electron chi connectivity index (χ4n) is 12.3. The average molecular weight is 603 g/mol. The molecule has 3 saturated carbocycles. The third kappa shape index (κ3) is 4.15. The summed E-state index contributed by atoms with van der Waals surface area (Å²) in [5.41, 5.74) is 3.41. The predicted molar refractivity (Wildman–Crippen MR) is 173 cm³/mol. The Morgan fingerprint density at radius 3 is 2.64 bits per heavy atom. The van der Waals surface area contributed by atoms with Gasteiger partial charge in [-0.25, -0.2) is 0 Å². The lowest BCUT2D eigenvalue weighted by molar-refractivity contribution is -0.199. The largest absolute Gasteiger partial charge is 0.396 e. The van der Waals surface area contributed by atoms with E-state index >= 15 is 0 Å². The molecule has 12 atom stereocenters. The Kier molecular flexibility index (Phi) is 7.46. The SMILES string of the molecule is C/C(=C\[C@H](O)C[C@H](CO)[C@@H]1CC[C@]23C[C@]12C=C[C@@H]1[C@@]2(C)CC=C4C[C@@H](Cc5ccccc5)OC[C@]4(C)[C@@H]2C[C@@H](O)[C@]13C)CO. The van der Waals surface area contributed by atoms with Crippen LogP contribution in [0.2, 0.25) is 0 Å². The van der Waals surface area contributed by atoms with E-state index in [0.29, 0.717) is 18.3 Å². The van der Waals surface area contributed by atoms with Crippen LogP contribution >= 0.6 is 0 Å². The van der Waals surface area contributed by atoms with Gasteiger partial charge in [-0.05, 0) is 109 Å². The standard InChI is InChI=1S/C39H54O5/c1-25(21-40)16-29(42)18-27(22-41)31-11-15-39-23-38(31,39)14-12-32-35(2)13-10-28-19-30(17-26-8-6-5-7-9-26)44-24-36(28,3)33(35)20-34(43)37(32,39)4/h5-10,12,14,16,27,29-34,40-43H,11,13,15,17-24H2,1-4H3/b25-16+/t27-,29+,30-,31+,32-,33-,34-,35-,36+,37+,38-,39-/m1/s1. The smallest absolute Gasteiger partial charge is 0.0727 e. The van der Waals surface area contributed by atoms with Gasteiger partial charge in [-0.2, -0.15) is 0 Å². The van der Waals surface area contributed by atoms with Gasteiger partial charge in [-0.3, -0.25) is 0 Å². The Morgan fingerprint density at radius 1 is 1.14 bits per heavy atom. The molecule has 6 aliphatic rings. The van der Waals surface area contributed by atoms with E-state index < -0.39 is 6.10 Å². The normalized spacial score (nSPS) is 47.0. The maximum Gasteiger partial charge on any atom is 0.0727 e. The first-order valence-electron chi connectivity index (χ1n) is 17.3. The molecule has 1 aromatic rings. The molecule has 7 rings (SSSR count). The van der Waals surface area contributed by atoms with Crippen molar-refractivity contribution in [1.82, 2.24) is 0 Å². The average Bonchev–Trinajstić information content (AvgIpc) is 3.59. The van der Waals surface area contributed by atoms with E-state index in [1.54, 1.807) is 6.08 Å². The molecule has 5 aliphatic carbocycles. The topological polar surface area (TPSA) is 90.2 Å². The van der Waals surface area contributed by atoms with Gasteiger partial charge in [0.25, 0.3) is 0 Å². The van der Waals surface area contributed by atoms with Crippen LogP contribution in [0.3, 0.4) is 0 Å². The maximum absolute atomic E-state index is 12.3. The predicted octanol–water partition coefficient (Wildman–Crippen LogP) is 6.02. The molecule has 1 saturated heterocycles. The van der Waals surface area contributed by atoms with Crippen LogP contribution in [-0.2, 0) is 11.2 Å². The molecule has 0 spiro atoms. The summed E-state index contributed by atoms with van der Waals surface area (Å²) in [5.74, 6) is 0.920. The van der Waals surface area contributed by atoms with Gasteiger partial charge in [-0.1, -0.05) is 81.0 Å². The van der Waals surface area contributed by atoms with Crippen molar-refractivity contribution in [3.05, 3.63) is 71.3 Å². The summed E-state index contributed by atoms with van der Waals surface area (Å²) in [5, 5.41) is 43.1. The Morgan fingerprint density at radius 2 is 1.91 bits per heavy atom. The number of rotatable bonds is 8. The van der Waals surface area contributed by atoms with E-state index in [9.17, 15) is 20.4 Å². The third-order valence-corrected chi connectivity index (χ3v) is 14.6. The number of allylic oxidation sites excluding steroid dienone is 3. The van der Waals surface area contributed by atoms with Gasteiger partial charge in [0, 0.05) is 17.4 Å². The number of benzene rings is 1. The first-order valence-corrected chi connectivity index (χ1v) is 17.3. The summed E-state index contributed by atoms with van der Waals surface area (Å²) in [7, 11) is 0. The highest BCUT2D eigenvalue weighted by Crippen LogP contribution is 2.89. The number of aliphatic hydroxyl groups excluding tert-OH is 4. The van der Waals surface area contributed by atoms with Crippen molar-refractivity contribution < 1.29 is 25.2 Å². The zero-order valence-corrected chi connectivity index (χ0v) is 27.2. The number of aliphatic hydroxyl groups is 4. The molecule has 4 N–H and O–H groups in total. The Balaban J connectivity index is 1.16. The van der Waals surface area contributed by atoms with Gasteiger partial charge >= 0.3 is 0 Å². The van der Waals surface area contributed by atoms with Crippen molar-refractivity contribution in [2.75, 3.05) is 19.8 Å². The molecule has 1 aliphatic heterocycles. The van der Waals surface area contributed by atoms with Gasteiger partial charge in [-0.15, -0.1) is 0 Å². The second-order valence-corrected chi connectivity index (χ2v) is 16.5. The molecule has 4 fully saturated rings. The zero-order chi connectivity index (χ0) is 31.1. The van der Waals surface area contributed by atoms with Crippen LogP contribution in [0, 0.1) is 50.7 Å². The maximum atomic E-state index is 12.3. The summed E-state index contributed by atoms with van der Waals surface area (Å²) in [6.45, 7) is 9.86. The summed E-state index contributed by atoms with van der Waals surface area (Å²) in [4.78, 5) is 0. The van der Waals surface area contributed by atoms with Gasteiger partial charge in [0.05, 0.1) is 31.5 Å². The first kappa shape index (κ1) is 30.9. The molecule has 0 amide bonds. The van der Waals surface area contributed by atoms with Crippen LogP contribution < -0.4 is 0 Å². The fraction of sp³-hybridized carbons (Fsp3) is 0.692. The van der Waals surface area contributed by atoms with Crippen LogP contribution in [-0.4, -0.2) is 58.6 Å². The lowest BCUT2D eigenvalue weighted by Crippen LogP contribution is -2.65. The zero-order valence-electron chi connectivity index (χ0n) is 27.2. The van der Waals surface area contributed by atoms with Crippen molar-refractivity contribution in [2.45, 2.75) is 97.4 Å². The quantitative estimate of drug-likeness (QED) is 0.274. The Hall–Kier alpha value is -1.76. The van der Waals surface area contributed by atoms with E-state index in [-0.39, 0.29) is 64.3 Å². The second-order valence-electron chi connectivity index (χ2n) is 16.5. The molecule has 0 unspecified atom stereocenters. The van der Waals surface area contributed by atoms with Crippen LogP contribution in [0.4, 0.5) is 0 Å².